The maximum atomic E-state index is 8.13. The van der Waals surface area contributed by atoms with E-state index in [4.69, 9.17) is 11.1 Å². The van der Waals surface area contributed by atoms with E-state index < -0.39 is 23.5 Å². The first kappa shape index (κ1) is 27.2. The highest BCUT2D eigenvalue weighted by Crippen LogP contribution is 2.18. The highest BCUT2D eigenvalue weighted by molar-refractivity contribution is 7.40. The molecule has 0 N–H and O–H groups in total. The lowest BCUT2D eigenvalue weighted by molar-refractivity contribution is 1.09. The van der Waals surface area contributed by atoms with E-state index in [1.807, 2.05) is 0 Å². The van der Waals surface area contributed by atoms with Gasteiger partial charge in [-0.15, -0.1) is 11.1 Å². The van der Waals surface area contributed by atoms with E-state index in [9.17, 15) is 0 Å². The Morgan fingerprint density at radius 1 is 0.500 bits per heavy atom. The molecule has 182 valence electrons. The molecule has 0 nitrogen and oxygen atoms in total. The van der Waals surface area contributed by atoms with Crippen LogP contribution < -0.4 is 25.9 Å². The van der Waals surface area contributed by atoms with Crippen LogP contribution in [0.5, 0.6) is 0 Å². The van der Waals surface area contributed by atoms with Crippen molar-refractivity contribution in [2.24, 2.45) is 0 Å². The number of aryl methyl sites for hydroxylation is 4. The van der Waals surface area contributed by atoms with Crippen molar-refractivity contribution < 1.29 is 0 Å². The molecule has 3 rings (SSSR count). The number of hydrogen-bond acceptors (Lipinski definition) is 0. The summed E-state index contributed by atoms with van der Waals surface area (Å²) in [4.78, 5) is 0. The Labute approximate surface area is 216 Å². The Bertz CT molecular complexity index is 1110. The fraction of sp³-hybridized carbons (Fsp3) is 0.400. The minimum atomic E-state index is -2.74. The van der Waals surface area contributed by atoms with Gasteiger partial charge in [0.25, 0.3) is 0 Å². The van der Waals surface area contributed by atoms with E-state index in [1.165, 1.54) is 48.2 Å². The van der Waals surface area contributed by atoms with Crippen LogP contribution in [0.15, 0.2) is 54.6 Å². The molecule has 0 saturated heterocycles. The standard InChI is InChI=1S/C30H43ClSi3/c1-11-24-16-25(12-2)18-29(17-24)34(31,28-14-22(3)13-23(4)15-28)30-20-26(32(5,6)7)19-27(21-30)33(8,9)10/h13-21H,11-12H2,1-10H3. The second-order valence-corrected chi connectivity index (χ2v) is 27.0. The van der Waals surface area contributed by atoms with E-state index in [-0.39, 0.29) is 0 Å². The summed E-state index contributed by atoms with van der Waals surface area (Å²) in [5.41, 5.74) is 5.37. The first-order chi connectivity index (χ1) is 15.7. The maximum absolute atomic E-state index is 8.13. The van der Waals surface area contributed by atoms with E-state index in [2.05, 4.69) is 122 Å². The summed E-state index contributed by atoms with van der Waals surface area (Å²) < 4.78 is 0. The molecule has 0 bridgehead atoms. The predicted molar refractivity (Wildman–Crippen MR) is 164 cm³/mol. The molecule has 0 amide bonds. The van der Waals surface area contributed by atoms with Gasteiger partial charge < -0.3 is 0 Å². The van der Waals surface area contributed by atoms with Gasteiger partial charge >= 0.3 is 0 Å². The average Bonchev–Trinajstić information content (AvgIpc) is 2.75. The molecule has 34 heavy (non-hydrogen) atoms. The molecular formula is C30H43ClSi3. The van der Waals surface area contributed by atoms with Crippen LogP contribution in [0.4, 0.5) is 0 Å². The van der Waals surface area contributed by atoms with Crippen LogP contribution in [0.3, 0.4) is 0 Å². The first-order valence-electron chi connectivity index (χ1n) is 12.8. The smallest absolute Gasteiger partial charge is 0.149 e. The highest BCUT2D eigenvalue weighted by atomic mass is 35.6. The number of rotatable bonds is 7. The van der Waals surface area contributed by atoms with Crippen molar-refractivity contribution in [1.82, 2.24) is 0 Å². The van der Waals surface area contributed by atoms with Crippen LogP contribution in [-0.4, -0.2) is 23.5 Å². The van der Waals surface area contributed by atoms with Gasteiger partial charge in [0.1, 0.15) is 0 Å². The summed E-state index contributed by atoms with van der Waals surface area (Å²) >= 11 is 8.13. The molecule has 0 heterocycles. The molecule has 0 fully saturated rings. The molecule has 0 aliphatic heterocycles. The maximum Gasteiger partial charge on any atom is 0.247 e. The number of hydrogen-bond donors (Lipinski definition) is 0. The molecule has 0 aromatic heterocycles. The molecular weight excluding hydrogens is 480 g/mol. The summed E-state index contributed by atoms with van der Waals surface area (Å²) in [5.74, 6) is 0. The molecule has 1 unspecified atom stereocenters. The van der Waals surface area contributed by atoms with Crippen molar-refractivity contribution in [3.05, 3.63) is 76.9 Å². The van der Waals surface area contributed by atoms with Gasteiger partial charge in [-0.25, -0.2) is 0 Å². The zero-order valence-corrected chi connectivity index (χ0v) is 26.7. The van der Waals surface area contributed by atoms with Crippen LogP contribution in [0.2, 0.25) is 39.3 Å². The SMILES string of the molecule is CCc1cc(CC)cc([Si](Cl)(c2cc(C)cc(C)c2)c2cc([Si](C)(C)C)cc([Si](C)(C)C)c2)c1. The average molecular weight is 523 g/mol. The third-order valence-corrected chi connectivity index (χ3v) is 16.2. The molecule has 3 aromatic carbocycles. The molecule has 0 spiro atoms. The van der Waals surface area contributed by atoms with E-state index in [0.717, 1.165) is 12.8 Å². The Morgan fingerprint density at radius 3 is 1.24 bits per heavy atom. The Kier molecular flexibility index (Phi) is 7.94. The molecule has 0 aliphatic rings. The summed E-state index contributed by atoms with van der Waals surface area (Å²) in [6.45, 7) is 23.7. The number of halogens is 1. The van der Waals surface area contributed by atoms with Gasteiger partial charge in [-0.05, 0) is 53.4 Å². The van der Waals surface area contributed by atoms with Crippen molar-refractivity contribution in [2.45, 2.75) is 79.8 Å². The zero-order chi connectivity index (χ0) is 25.5. The van der Waals surface area contributed by atoms with Crippen LogP contribution in [-0.2, 0) is 12.8 Å². The molecule has 0 radical (unpaired) electrons. The number of benzene rings is 3. The minimum absolute atomic E-state index is 1.03. The van der Waals surface area contributed by atoms with Crippen molar-refractivity contribution >= 4 is 60.5 Å². The van der Waals surface area contributed by atoms with Crippen molar-refractivity contribution in [1.29, 1.82) is 0 Å². The monoisotopic (exact) mass is 522 g/mol. The summed E-state index contributed by atoms with van der Waals surface area (Å²) in [5, 5.41) is 7.09. The van der Waals surface area contributed by atoms with Gasteiger partial charge in [-0.2, -0.15) is 0 Å². The van der Waals surface area contributed by atoms with Crippen molar-refractivity contribution in [2.75, 3.05) is 0 Å². The van der Waals surface area contributed by atoms with E-state index >= 15 is 0 Å². The summed E-state index contributed by atoms with van der Waals surface area (Å²) in [6, 6.07) is 21.7. The fourth-order valence-corrected chi connectivity index (χ4v) is 11.8. The van der Waals surface area contributed by atoms with Crippen LogP contribution in [0.25, 0.3) is 0 Å². The van der Waals surface area contributed by atoms with Crippen LogP contribution in [0, 0.1) is 13.8 Å². The van der Waals surface area contributed by atoms with Gasteiger partial charge in [0.2, 0.25) is 7.38 Å². The third-order valence-electron chi connectivity index (χ3n) is 6.95. The molecule has 4 heteroatoms. The van der Waals surface area contributed by atoms with Gasteiger partial charge in [-0.3, -0.25) is 0 Å². The van der Waals surface area contributed by atoms with E-state index in [1.54, 1.807) is 0 Å². The lowest BCUT2D eigenvalue weighted by Crippen LogP contribution is -2.65. The normalized spacial score (nSPS) is 14.2. The molecule has 0 saturated carbocycles. The van der Waals surface area contributed by atoms with E-state index in [0.29, 0.717) is 0 Å². The van der Waals surface area contributed by atoms with Crippen LogP contribution >= 0.6 is 11.1 Å². The molecule has 1 atom stereocenters. The Morgan fingerprint density at radius 2 is 0.853 bits per heavy atom. The topological polar surface area (TPSA) is 0 Å². The predicted octanol–water partition coefficient (Wildman–Crippen LogP) is 5.72. The Hall–Kier alpha value is -1.40. The molecule has 0 aliphatic carbocycles. The quantitative estimate of drug-likeness (QED) is 0.211. The molecule has 3 aromatic rings. The zero-order valence-electron chi connectivity index (χ0n) is 23.0. The van der Waals surface area contributed by atoms with Gasteiger partial charge in [0.15, 0.2) is 0 Å². The third kappa shape index (κ3) is 5.70. The lowest BCUT2D eigenvalue weighted by Gasteiger charge is -2.32. The largest absolute Gasteiger partial charge is 0.247 e. The summed E-state index contributed by atoms with van der Waals surface area (Å²) in [7, 11) is -5.79. The van der Waals surface area contributed by atoms with Crippen molar-refractivity contribution in [3.8, 4) is 0 Å². The second kappa shape index (κ2) is 9.93. The fourth-order valence-electron chi connectivity index (χ4n) is 4.74. The lowest BCUT2D eigenvalue weighted by atomic mass is 10.1. The van der Waals surface area contributed by atoms with Gasteiger partial charge in [0.05, 0.1) is 16.1 Å². The first-order valence-corrected chi connectivity index (χ1v) is 22.8. The van der Waals surface area contributed by atoms with Crippen LogP contribution in [0.1, 0.15) is 36.1 Å². The second-order valence-electron chi connectivity index (χ2n) is 12.1. The minimum Gasteiger partial charge on any atom is -0.149 e. The highest BCUT2D eigenvalue weighted by Gasteiger charge is 2.40. The van der Waals surface area contributed by atoms with Crippen molar-refractivity contribution in [3.63, 3.8) is 0 Å². The summed E-state index contributed by atoms with van der Waals surface area (Å²) in [6.07, 6.45) is 2.06. The Balaban J connectivity index is 2.47. The van der Waals surface area contributed by atoms with Gasteiger partial charge in [0, 0.05) is 0 Å². The van der Waals surface area contributed by atoms with Gasteiger partial charge in [-0.1, -0.05) is 129 Å².